The summed E-state index contributed by atoms with van der Waals surface area (Å²) in [6.07, 6.45) is 1.73. The van der Waals surface area contributed by atoms with Crippen LogP contribution in [0.4, 0.5) is 5.82 Å². The quantitative estimate of drug-likeness (QED) is 0.534. The van der Waals surface area contributed by atoms with Crippen LogP contribution in [0.2, 0.25) is 0 Å². The first kappa shape index (κ1) is 17.6. The van der Waals surface area contributed by atoms with E-state index in [-0.39, 0.29) is 12.6 Å². The Morgan fingerprint density at radius 3 is 2.27 bits per heavy atom. The predicted molar refractivity (Wildman–Crippen MR) is 102 cm³/mol. The van der Waals surface area contributed by atoms with Crippen LogP contribution in [0.5, 0.6) is 5.75 Å². The highest BCUT2D eigenvalue weighted by Crippen LogP contribution is 2.30. The van der Waals surface area contributed by atoms with E-state index in [1.165, 1.54) is 0 Å². The summed E-state index contributed by atoms with van der Waals surface area (Å²) in [6, 6.07) is 17.0. The van der Waals surface area contributed by atoms with Crippen molar-refractivity contribution in [1.82, 2.24) is 4.98 Å². The van der Waals surface area contributed by atoms with Crippen molar-refractivity contribution in [2.45, 2.75) is 6.92 Å². The molecule has 132 valence electrons. The Kier molecular flexibility index (Phi) is 5.29. The molecule has 1 aromatic heterocycles. The first-order chi connectivity index (χ1) is 12.6. The molecular weight excluding hydrogens is 328 g/mol. The Hall–Kier alpha value is -3.18. The molecule has 0 aliphatic carbocycles. The van der Waals surface area contributed by atoms with Crippen molar-refractivity contribution in [3.8, 4) is 28.0 Å². The van der Waals surface area contributed by atoms with Crippen molar-refractivity contribution in [2.24, 2.45) is 0 Å². The summed E-state index contributed by atoms with van der Waals surface area (Å²) in [5.41, 5.74) is 10.5. The summed E-state index contributed by atoms with van der Waals surface area (Å²) in [7, 11) is 1.58. The predicted octanol–water partition coefficient (Wildman–Crippen LogP) is 4.18. The molecule has 0 bridgehead atoms. The number of carbonyl (C=O) groups excluding carboxylic acids is 1. The van der Waals surface area contributed by atoms with E-state index in [9.17, 15) is 4.79 Å². The summed E-state index contributed by atoms with van der Waals surface area (Å²) >= 11 is 0. The summed E-state index contributed by atoms with van der Waals surface area (Å²) in [6.45, 7) is 1.76. The minimum Gasteiger partial charge on any atom is -0.468 e. The average molecular weight is 348 g/mol. The molecule has 5 nitrogen and oxygen atoms in total. The third kappa shape index (κ3) is 3.90. The van der Waals surface area contributed by atoms with Gasteiger partial charge in [-0.1, -0.05) is 36.4 Å². The molecule has 0 radical (unpaired) electrons. The summed E-state index contributed by atoms with van der Waals surface area (Å²) in [4.78, 5) is 15.7. The van der Waals surface area contributed by atoms with Crippen molar-refractivity contribution in [3.05, 3.63) is 66.4 Å². The van der Waals surface area contributed by atoms with Gasteiger partial charge >= 0.3 is 0 Å². The molecule has 0 saturated heterocycles. The van der Waals surface area contributed by atoms with E-state index in [4.69, 9.17) is 15.2 Å². The average Bonchev–Trinajstić information content (AvgIpc) is 2.67. The van der Waals surface area contributed by atoms with Gasteiger partial charge in [0, 0.05) is 30.0 Å². The van der Waals surface area contributed by atoms with Crippen LogP contribution < -0.4 is 10.5 Å². The zero-order chi connectivity index (χ0) is 18.5. The molecule has 0 unspecified atom stereocenters. The van der Waals surface area contributed by atoms with Crippen LogP contribution in [-0.4, -0.2) is 24.7 Å². The first-order valence-corrected chi connectivity index (χ1v) is 8.17. The lowest BCUT2D eigenvalue weighted by Gasteiger charge is -2.10. The molecule has 0 atom stereocenters. The maximum Gasteiger partial charge on any atom is 0.188 e. The number of carbonyl (C=O) groups is 1. The highest BCUT2D eigenvalue weighted by molar-refractivity contribution is 5.94. The summed E-state index contributed by atoms with van der Waals surface area (Å²) < 4.78 is 10.3. The normalized spacial score (nSPS) is 10.5. The Balaban J connectivity index is 1.91. The van der Waals surface area contributed by atoms with Crippen molar-refractivity contribution in [2.75, 3.05) is 19.6 Å². The zero-order valence-corrected chi connectivity index (χ0v) is 14.7. The fourth-order valence-corrected chi connectivity index (χ4v) is 2.62. The number of pyridine rings is 1. The standard InChI is InChI=1S/C21H20N2O3/c1-14(24)15-3-5-16(6-4-15)18-11-20(21(22)23-12-18)17-7-9-19(10-8-17)26-13-25-2/h3-12H,13H2,1-2H3,(H2,22,23). The van der Waals surface area contributed by atoms with Gasteiger partial charge in [0.1, 0.15) is 11.6 Å². The van der Waals surface area contributed by atoms with E-state index in [1.54, 1.807) is 20.2 Å². The molecule has 0 aliphatic heterocycles. The highest BCUT2D eigenvalue weighted by atomic mass is 16.7. The third-order valence-electron chi connectivity index (χ3n) is 4.05. The Morgan fingerprint density at radius 1 is 1.00 bits per heavy atom. The van der Waals surface area contributed by atoms with Crippen LogP contribution in [0.1, 0.15) is 17.3 Å². The van der Waals surface area contributed by atoms with Gasteiger partial charge in [0.25, 0.3) is 0 Å². The highest BCUT2D eigenvalue weighted by Gasteiger charge is 2.08. The molecule has 0 fully saturated rings. The van der Waals surface area contributed by atoms with E-state index >= 15 is 0 Å². The van der Waals surface area contributed by atoms with Gasteiger partial charge in [-0.3, -0.25) is 4.79 Å². The number of methoxy groups -OCH3 is 1. The molecule has 3 aromatic rings. The number of nitrogens with zero attached hydrogens (tertiary/aromatic N) is 1. The molecule has 1 heterocycles. The summed E-state index contributed by atoms with van der Waals surface area (Å²) in [5.74, 6) is 1.22. The SMILES string of the molecule is COCOc1ccc(-c2cc(-c3ccc(C(C)=O)cc3)cnc2N)cc1. The molecule has 3 rings (SSSR count). The maximum atomic E-state index is 11.4. The van der Waals surface area contributed by atoms with Crippen LogP contribution in [-0.2, 0) is 4.74 Å². The second-order valence-electron chi connectivity index (χ2n) is 5.87. The van der Waals surface area contributed by atoms with Crippen LogP contribution in [0.15, 0.2) is 60.8 Å². The summed E-state index contributed by atoms with van der Waals surface area (Å²) in [5, 5.41) is 0. The Bertz CT molecular complexity index is 904. The minimum atomic E-state index is 0.0449. The number of hydrogen-bond acceptors (Lipinski definition) is 5. The van der Waals surface area contributed by atoms with Crippen LogP contribution in [0.3, 0.4) is 0 Å². The molecule has 0 saturated carbocycles. The van der Waals surface area contributed by atoms with E-state index in [0.29, 0.717) is 11.4 Å². The number of nitrogens with two attached hydrogens (primary N) is 1. The largest absolute Gasteiger partial charge is 0.468 e. The van der Waals surface area contributed by atoms with Crippen LogP contribution in [0.25, 0.3) is 22.3 Å². The van der Waals surface area contributed by atoms with Gasteiger partial charge in [0.2, 0.25) is 0 Å². The first-order valence-electron chi connectivity index (χ1n) is 8.17. The topological polar surface area (TPSA) is 74.4 Å². The molecule has 2 aromatic carbocycles. The monoisotopic (exact) mass is 348 g/mol. The van der Waals surface area contributed by atoms with Crippen LogP contribution in [0, 0.1) is 0 Å². The molecular formula is C21H20N2O3. The number of aromatic nitrogens is 1. The van der Waals surface area contributed by atoms with E-state index in [2.05, 4.69) is 4.98 Å². The van der Waals surface area contributed by atoms with Crippen molar-refractivity contribution < 1.29 is 14.3 Å². The van der Waals surface area contributed by atoms with Crippen molar-refractivity contribution in [1.29, 1.82) is 0 Å². The van der Waals surface area contributed by atoms with E-state index < -0.39 is 0 Å². The molecule has 0 spiro atoms. The fraction of sp³-hybridized carbons (Fsp3) is 0.143. The molecule has 5 heteroatoms. The third-order valence-corrected chi connectivity index (χ3v) is 4.05. The smallest absolute Gasteiger partial charge is 0.188 e. The zero-order valence-electron chi connectivity index (χ0n) is 14.7. The second kappa shape index (κ2) is 7.80. The van der Waals surface area contributed by atoms with Crippen LogP contribution >= 0.6 is 0 Å². The molecule has 0 aliphatic rings. The number of benzene rings is 2. The van der Waals surface area contributed by atoms with Gasteiger partial charge in [-0.05, 0) is 36.2 Å². The Morgan fingerprint density at radius 2 is 1.65 bits per heavy atom. The van der Waals surface area contributed by atoms with Gasteiger partial charge in [-0.15, -0.1) is 0 Å². The number of anilines is 1. The van der Waals surface area contributed by atoms with Gasteiger partial charge in [-0.2, -0.15) is 0 Å². The Labute approximate surface area is 152 Å². The van der Waals surface area contributed by atoms with E-state index in [1.807, 2.05) is 54.6 Å². The lowest BCUT2D eigenvalue weighted by atomic mass is 10.00. The number of ether oxygens (including phenoxy) is 2. The van der Waals surface area contributed by atoms with Gasteiger partial charge in [0.05, 0.1) is 0 Å². The minimum absolute atomic E-state index is 0.0449. The lowest BCUT2D eigenvalue weighted by Crippen LogP contribution is -1.99. The van der Waals surface area contributed by atoms with Gasteiger partial charge < -0.3 is 15.2 Å². The molecule has 2 N–H and O–H groups in total. The maximum absolute atomic E-state index is 11.4. The number of hydrogen-bond donors (Lipinski definition) is 1. The number of Topliss-reactive ketones (excluding diaryl/α,β-unsaturated/α-hetero) is 1. The molecule has 26 heavy (non-hydrogen) atoms. The lowest BCUT2D eigenvalue weighted by molar-refractivity contribution is 0.0511. The number of nitrogen functional groups attached to an aromatic ring is 1. The second-order valence-corrected chi connectivity index (χ2v) is 5.87. The number of rotatable bonds is 6. The van der Waals surface area contributed by atoms with Crippen molar-refractivity contribution >= 4 is 11.6 Å². The van der Waals surface area contributed by atoms with Gasteiger partial charge in [-0.25, -0.2) is 4.98 Å². The number of ketones is 1. The molecule has 0 amide bonds. The van der Waals surface area contributed by atoms with E-state index in [0.717, 1.165) is 28.0 Å². The fourth-order valence-electron chi connectivity index (χ4n) is 2.62. The van der Waals surface area contributed by atoms with Gasteiger partial charge in [0.15, 0.2) is 12.6 Å². The van der Waals surface area contributed by atoms with Crippen molar-refractivity contribution in [3.63, 3.8) is 0 Å².